The Bertz CT molecular complexity index is 1040. The number of furan rings is 1. The Kier molecular flexibility index (Phi) is 3.80. The van der Waals surface area contributed by atoms with Crippen LogP contribution in [0.15, 0.2) is 65.1 Å². The van der Waals surface area contributed by atoms with Gasteiger partial charge in [-0.05, 0) is 23.6 Å². The third kappa shape index (κ3) is 2.70. The molecule has 0 bridgehead atoms. The number of hydrogen-bond acceptors (Lipinski definition) is 2. The number of hydrogen-bond donors (Lipinski definition) is 1. The van der Waals surface area contributed by atoms with Crippen molar-refractivity contribution in [1.29, 1.82) is 0 Å². The summed E-state index contributed by atoms with van der Waals surface area (Å²) in [5, 5.41) is 4.06. The second-order valence-electron chi connectivity index (χ2n) is 6.42. The zero-order chi connectivity index (χ0) is 17.4. The van der Waals surface area contributed by atoms with Crippen molar-refractivity contribution in [2.75, 3.05) is 6.54 Å². The van der Waals surface area contributed by atoms with Gasteiger partial charge >= 0.3 is 0 Å². The normalized spacial score (nSPS) is 12.6. The van der Waals surface area contributed by atoms with Crippen LogP contribution in [0, 0.1) is 0 Å². The third-order valence-electron chi connectivity index (χ3n) is 4.73. The Hall–Kier alpha value is -3.01. The highest BCUT2D eigenvalue weighted by atomic mass is 16.3. The number of rotatable bonds is 4. The molecule has 0 fully saturated rings. The molecular formula is C21H20N2O2. The van der Waals surface area contributed by atoms with Crippen LogP contribution in [0.1, 0.15) is 28.9 Å². The Morgan fingerprint density at radius 2 is 1.80 bits per heavy atom. The summed E-state index contributed by atoms with van der Waals surface area (Å²) in [6.07, 6.45) is 0. The molecule has 1 atom stereocenters. The molecule has 0 saturated carbocycles. The SMILES string of the molecule is C[C@H](CNC(=O)c1cc2oc3ccccc3c2n1C)c1ccccc1. The van der Waals surface area contributed by atoms with Gasteiger partial charge in [-0.2, -0.15) is 0 Å². The summed E-state index contributed by atoms with van der Waals surface area (Å²) in [5.74, 6) is 0.176. The molecule has 0 aliphatic heterocycles. The van der Waals surface area contributed by atoms with Gasteiger partial charge in [-0.25, -0.2) is 0 Å². The molecule has 4 nitrogen and oxygen atoms in total. The van der Waals surface area contributed by atoms with Gasteiger partial charge in [0.15, 0.2) is 5.58 Å². The number of amides is 1. The van der Waals surface area contributed by atoms with Crippen molar-refractivity contribution in [2.45, 2.75) is 12.8 Å². The van der Waals surface area contributed by atoms with Crippen LogP contribution >= 0.6 is 0 Å². The van der Waals surface area contributed by atoms with Crippen LogP contribution in [-0.2, 0) is 7.05 Å². The van der Waals surface area contributed by atoms with E-state index in [0.29, 0.717) is 12.2 Å². The van der Waals surface area contributed by atoms with Crippen molar-refractivity contribution >= 4 is 28.0 Å². The van der Waals surface area contributed by atoms with Crippen LogP contribution in [0.3, 0.4) is 0 Å². The molecule has 4 aromatic rings. The molecule has 0 aliphatic carbocycles. The highest BCUT2D eigenvalue weighted by Gasteiger charge is 2.18. The lowest BCUT2D eigenvalue weighted by Crippen LogP contribution is -2.29. The van der Waals surface area contributed by atoms with E-state index in [1.165, 1.54) is 5.56 Å². The van der Waals surface area contributed by atoms with E-state index in [0.717, 1.165) is 22.1 Å². The number of fused-ring (bicyclic) bond motifs is 3. The number of para-hydroxylation sites is 1. The van der Waals surface area contributed by atoms with Crippen molar-refractivity contribution in [3.05, 3.63) is 71.9 Å². The van der Waals surface area contributed by atoms with Crippen LogP contribution in [0.2, 0.25) is 0 Å². The molecule has 4 heteroatoms. The molecule has 0 aliphatic rings. The quantitative estimate of drug-likeness (QED) is 0.600. The minimum absolute atomic E-state index is 0.0826. The lowest BCUT2D eigenvalue weighted by Gasteiger charge is -2.13. The molecule has 4 rings (SSSR count). The third-order valence-corrected chi connectivity index (χ3v) is 4.73. The first-order valence-corrected chi connectivity index (χ1v) is 8.45. The summed E-state index contributed by atoms with van der Waals surface area (Å²) in [4.78, 5) is 12.6. The first kappa shape index (κ1) is 15.5. The van der Waals surface area contributed by atoms with Gasteiger partial charge < -0.3 is 14.3 Å². The largest absolute Gasteiger partial charge is 0.454 e. The van der Waals surface area contributed by atoms with Crippen molar-refractivity contribution in [3.63, 3.8) is 0 Å². The number of aromatic nitrogens is 1. The van der Waals surface area contributed by atoms with E-state index in [2.05, 4.69) is 24.4 Å². The van der Waals surface area contributed by atoms with Gasteiger partial charge in [0.05, 0.1) is 5.52 Å². The first-order chi connectivity index (χ1) is 12.1. The fourth-order valence-electron chi connectivity index (χ4n) is 3.29. The van der Waals surface area contributed by atoms with Crippen molar-refractivity contribution in [1.82, 2.24) is 9.88 Å². The summed E-state index contributed by atoms with van der Waals surface area (Å²) in [7, 11) is 1.90. The number of nitrogens with zero attached hydrogens (tertiary/aromatic N) is 1. The number of benzene rings is 2. The van der Waals surface area contributed by atoms with Gasteiger partial charge in [0.1, 0.15) is 11.3 Å². The molecular weight excluding hydrogens is 312 g/mol. The van der Waals surface area contributed by atoms with E-state index >= 15 is 0 Å². The van der Waals surface area contributed by atoms with E-state index < -0.39 is 0 Å². The number of carbonyl (C=O) groups is 1. The van der Waals surface area contributed by atoms with Gasteiger partial charge in [-0.3, -0.25) is 4.79 Å². The topological polar surface area (TPSA) is 47.2 Å². The maximum Gasteiger partial charge on any atom is 0.268 e. The average molecular weight is 332 g/mol. The predicted octanol–water partition coefficient (Wildman–Crippen LogP) is 4.46. The molecule has 1 amide bonds. The van der Waals surface area contributed by atoms with Crippen molar-refractivity contribution in [3.8, 4) is 0 Å². The summed E-state index contributed by atoms with van der Waals surface area (Å²) >= 11 is 0. The second-order valence-corrected chi connectivity index (χ2v) is 6.42. The minimum Gasteiger partial charge on any atom is -0.454 e. The highest BCUT2D eigenvalue weighted by Crippen LogP contribution is 2.30. The lowest BCUT2D eigenvalue weighted by molar-refractivity contribution is 0.0944. The zero-order valence-corrected chi connectivity index (χ0v) is 14.3. The van der Waals surface area contributed by atoms with Crippen LogP contribution in [0.5, 0.6) is 0 Å². The van der Waals surface area contributed by atoms with Crippen LogP contribution in [-0.4, -0.2) is 17.0 Å². The van der Waals surface area contributed by atoms with E-state index in [4.69, 9.17) is 4.42 Å². The molecule has 2 heterocycles. The maximum atomic E-state index is 12.6. The molecule has 126 valence electrons. The van der Waals surface area contributed by atoms with Crippen LogP contribution in [0.4, 0.5) is 0 Å². The number of carbonyl (C=O) groups excluding carboxylic acids is 1. The summed E-state index contributed by atoms with van der Waals surface area (Å²) < 4.78 is 7.76. The molecule has 0 spiro atoms. The van der Waals surface area contributed by atoms with Gasteiger partial charge in [0.25, 0.3) is 5.91 Å². The lowest BCUT2D eigenvalue weighted by atomic mass is 10.0. The highest BCUT2D eigenvalue weighted by molar-refractivity contribution is 6.07. The van der Waals surface area contributed by atoms with Gasteiger partial charge in [0.2, 0.25) is 0 Å². The van der Waals surface area contributed by atoms with Crippen LogP contribution < -0.4 is 5.32 Å². The fraction of sp³-hybridized carbons (Fsp3) is 0.190. The molecule has 2 aromatic heterocycles. The Labute approximate surface area is 146 Å². The number of aryl methyl sites for hydroxylation is 1. The fourth-order valence-corrected chi connectivity index (χ4v) is 3.29. The van der Waals surface area contributed by atoms with Crippen LogP contribution in [0.25, 0.3) is 22.1 Å². The smallest absolute Gasteiger partial charge is 0.268 e. The first-order valence-electron chi connectivity index (χ1n) is 8.45. The van der Waals surface area contributed by atoms with Gasteiger partial charge in [-0.1, -0.05) is 49.4 Å². The average Bonchev–Trinajstić information content (AvgIpc) is 3.17. The molecule has 0 unspecified atom stereocenters. The van der Waals surface area contributed by atoms with Crippen molar-refractivity contribution in [2.24, 2.45) is 7.05 Å². The molecule has 25 heavy (non-hydrogen) atoms. The maximum absolute atomic E-state index is 12.6. The van der Waals surface area contributed by atoms with E-state index in [1.807, 2.05) is 60.1 Å². The molecule has 2 aromatic carbocycles. The molecule has 0 radical (unpaired) electrons. The monoisotopic (exact) mass is 332 g/mol. The summed E-state index contributed by atoms with van der Waals surface area (Å²) in [6.45, 7) is 2.70. The van der Waals surface area contributed by atoms with Gasteiger partial charge in [-0.15, -0.1) is 0 Å². The minimum atomic E-state index is -0.0826. The Morgan fingerprint density at radius 3 is 2.60 bits per heavy atom. The Morgan fingerprint density at radius 1 is 1.08 bits per heavy atom. The van der Waals surface area contributed by atoms with Crippen molar-refractivity contribution < 1.29 is 9.21 Å². The van der Waals surface area contributed by atoms with E-state index in [-0.39, 0.29) is 11.8 Å². The standard InChI is InChI=1S/C21H20N2O2/c1-14(15-8-4-3-5-9-15)13-22-21(24)17-12-19-20(23(17)2)16-10-6-7-11-18(16)25-19/h3-12,14H,13H2,1-2H3,(H,22,24)/t14-/m1/s1. The van der Waals surface area contributed by atoms with Gasteiger partial charge in [0, 0.05) is 25.0 Å². The predicted molar refractivity (Wildman–Crippen MR) is 99.9 cm³/mol. The van der Waals surface area contributed by atoms with E-state index in [1.54, 1.807) is 0 Å². The van der Waals surface area contributed by atoms with E-state index in [9.17, 15) is 4.79 Å². The Balaban J connectivity index is 1.57. The number of nitrogens with one attached hydrogen (secondary N) is 1. The summed E-state index contributed by atoms with van der Waals surface area (Å²) in [5.41, 5.74) is 4.36. The molecule has 0 saturated heterocycles. The molecule has 1 N–H and O–H groups in total. The second kappa shape index (κ2) is 6.13. The zero-order valence-electron chi connectivity index (χ0n) is 14.3. The summed E-state index contributed by atoms with van der Waals surface area (Å²) in [6, 6.07) is 19.9.